The molecule has 0 aliphatic rings. The first-order valence-corrected chi connectivity index (χ1v) is 7.43. The van der Waals surface area contributed by atoms with Crippen molar-refractivity contribution in [3.63, 3.8) is 0 Å². The number of carbonyl (C=O) groups is 1. The van der Waals surface area contributed by atoms with Crippen LogP contribution in [-0.2, 0) is 12.0 Å². The van der Waals surface area contributed by atoms with Gasteiger partial charge in [0, 0.05) is 5.41 Å². The minimum Gasteiger partial charge on any atom is -0.394 e. The molecule has 1 heterocycles. The molecule has 0 spiro atoms. The van der Waals surface area contributed by atoms with Crippen molar-refractivity contribution in [1.82, 2.24) is 20.8 Å². The number of aromatic nitrogens is 2. The van der Waals surface area contributed by atoms with Crippen molar-refractivity contribution in [2.45, 2.75) is 38.8 Å². The number of carbonyl (C=O) groups excluding carboxylic acids is 1. The van der Waals surface area contributed by atoms with Gasteiger partial charge in [-0.1, -0.05) is 56.3 Å². The molecule has 2 aromatic rings. The molecule has 0 fully saturated rings. The number of rotatable bonds is 5. The molecule has 0 aliphatic heterocycles. The molecule has 3 N–H and O–H groups in total. The highest BCUT2D eigenvalue weighted by Crippen LogP contribution is 2.19. The molecule has 7 nitrogen and oxygen atoms in total. The number of hydrogen-bond acceptors (Lipinski definition) is 5. The Labute approximate surface area is 135 Å². The summed E-state index contributed by atoms with van der Waals surface area (Å²) in [7, 11) is 0. The zero-order chi connectivity index (χ0) is 16.9. The summed E-state index contributed by atoms with van der Waals surface area (Å²) in [4.78, 5) is 16.2. The van der Waals surface area contributed by atoms with Gasteiger partial charge >= 0.3 is 6.03 Å². The summed E-state index contributed by atoms with van der Waals surface area (Å²) in [5.74, 6) is 0.928. The fourth-order valence-corrected chi connectivity index (χ4v) is 1.92. The first-order valence-electron chi connectivity index (χ1n) is 7.43. The SMILES string of the molecule is CC(C)(C)c1nc(CNC(=O)N[C@H](CO)c2ccccc2)no1. The van der Waals surface area contributed by atoms with Gasteiger partial charge in [-0.15, -0.1) is 0 Å². The Hall–Kier alpha value is -2.41. The van der Waals surface area contributed by atoms with Crippen molar-refractivity contribution < 1.29 is 14.4 Å². The van der Waals surface area contributed by atoms with Gasteiger partial charge in [0.1, 0.15) is 0 Å². The van der Waals surface area contributed by atoms with Crippen LogP contribution in [0.5, 0.6) is 0 Å². The van der Waals surface area contributed by atoms with E-state index in [2.05, 4.69) is 20.8 Å². The predicted molar refractivity (Wildman–Crippen MR) is 84.6 cm³/mol. The van der Waals surface area contributed by atoms with Gasteiger partial charge in [-0.2, -0.15) is 4.98 Å². The van der Waals surface area contributed by atoms with Crippen molar-refractivity contribution in [2.24, 2.45) is 0 Å². The third-order valence-electron chi connectivity index (χ3n) is 3.21. The average molecular weight is 318 g/mol. The fraction of sp³-hybridized carbons (Fsp3) is 0.438. The highest BCUT2D eigenvalue weighted by Gasteiger charge is 2.22. The summed E-state index contributed by atoms with van der Waals surface area (Å²) >= 11 is 0. The normalized spacial score (nSPS) is 12.7. The van der Waals surface area contributed by atoms with E-state index >= 15 is 0 Å². The molecule has 1 aromatic carbocycles. The monoisotopic (exact) mass is 318 g/mol. The Bertz CT molecular complexity index is 634. The minimum absolute atomic E-state index is 0.151. The zero-order valence-electron chi connectivity index (χ0n) is 13.5. The van der Waals surface area contributed by atoms with Gasteiger partial charge in [0.2, 0.25) is 5.89 Å². The molecule has 7 heteroatoms. The van der Waals surface area contributed by atoms with E-state index in [0.29, 0.717) is 11.7 Å². The van der Waals surface area contributed by atoms with Crippen LogP contribution in [0.2, 0.25) is 0 Å². The van der Waals surface area contributed by atoms with Gasteiger partial charge in [-0.3, -0.25) is 0 Å². The Morgan fingerprint density at radius 1 is 1.30 bits per heavy atom. The Morgan fingerprint density at radius 2 is 2.00 bits per heavy atom. The quantitative estimate of drug-likeness (QED) is 0.782. The van der Waals surface area contributed by atoms with Crippen LogP contribution >= 0.6 is 0 Å². The van der Waals surface area contributed by atoms with Crippen LogP contribution in [0.3, 0.4) is 0 Å². The van der Waals surface area contributed by atoms with E-state index < -0.39 is 12.1 Å². The largest absolute Gasteiger partial charge is 0.394 e. The van der Waals surface area contributed by atoms with E-state index in [9.17, 15) is 9.90 Å². The molecule has 124 valence electrons. The molecule has 1 aromatic heterocycles. The number of hydrogen-bond donors (Lipinski definition) is 3. The lowest BCUT2D eigenvalue weighted by atomic mass is 9.97. The summed E-state index contributed by atoms with van der Waals surface area (Å²) in [6.07, 6.45) is 0. The van der Waals surface area contributed by atoms with Crippen molar-refractivity contribution in [3.05, 3.63) is 47.6 Å². The number of nitrogens with zero attached hydrogens (tertiary/aromatic N) is 2. The lowest BCUT2D eigenvalue weighted by Gasteiger charge is -2.16. The molecular formula is C16H22N4O3. The van der Waals surface area contributed by atoms with E-state index in [4.69, 9.17) is 4.52 Å². The van der Waals surface area contributed by atoms with Crippen molar-refractivity contribution >= 4 is 6.03 Å². The topological polar surface area (TPSA) is 100 Å². The number of urea groups is 1. The summed E-state index contributed by atoms with van der Waals surface area (Å²) in [5, 5.41) is 18.6. The third-order valence-corrected chi connectivity index (χ3v) is 3.21. The van der Waals surface area contributed by atoms with Gasteiger partial charge in [-0.05, 0) is 5.56 Å². The second-order valence-corrected chi connectivity index (χ2v) is 6.24. The number of benzene rings is 1. The highest BCUT2D eigenvalue weighted by atomic mass is 16.5. The van der Waals surface area contributed by atoms with Gasteiger partial charge in [0.05, 0.1) is 19.2 Å². The Morgan fingerprint density at radius 3 is 2.57 bits per heavy atom. The van der Waals surface area contributed by atoms with E-state index in [0.717, 1.165) is 5.56 Å². The molecule has 23 heavy (non-hydrogen) atoms. The second-order valence-electron chi connectivity index (χ2n) is 6.24. The van der Waals surface area contributed by atoms with E-state index in [1.54, 1.807) is 0 Å². The van der Waals surface area contributed by atoms with Crippen LogP contribution in [0.1, 0.15) is 44.1 Å². The molecule has 0 saturated heterocycles. The lowest BCUT2D eigenvalue weighted by Crippen LogP contribution is -2.39. The summed E-state index contributed by atoms with van der Waals surface area (Å²) < 4.78 is 5.16. The zero-order valence-corrected chi connectivity index (χ0v) is 13.5. The molecule has 2 rings (SSSR count). The number of aliphatic hydroxyl groups excluding tert-OH is 1. The van der Waals surface area contributed by atoms with Gasteiger partial charge in [0.15, 0.2) is 5.82 Å². The van der Waals surface area contributed by atoms with Crippen molar-refractivity contribution in [3.8, 4) is 0 Å². The smallest absolute Gasteiger partial charge is 0.315 e. The Balaban J connectivity index is 1.88. The van der Waals surface area contributed by atoms with E-state index in [1.807, 2.05) is 51.1 Å². The van der Waals surface area contributed by atoms with Crippen LogP contribution < -0.4 is 10.6 Å². The highest BCUT2D eigenvalue weighted by molar-refractivity contribution is 5.74. The van der Waals surface area contributed by atoms with E-state index in [1.165, 1.54) is 0 Å². The standard InChI is InChI=1S/C16H22N4O3/c1-16(2,3)14-19-13(20-23-14)9-17-15(22)18-12(10-21)11-7-5-4-6-8-11/h4-8,12,21H,9-10H2,1-3H3,(H2,17,18,22)/t12-/m1/s1. The van der Waals surface area contributed by atoms with Crippen LogP contribution in [0.15, 0.2) is 34.9 Å². The van der Waals surface area contributed by atoms with Crippen molar-refractivity contribution in [2.75, 3.05) is 6.61 Å². The van der Waals surface area contributed by atoms with Crippen LogP contribution in [-0.4, -0.2) is 27.9 Å². The van der Waals surface area contributed by atoms with Crippen LogP contribution in [0, 0.1) is 0 Å². The molecule has 0 saturated carbocycles. The van der Waals surface area contributed by atoms with Crippen LogP contribution in [0.25, 0.3) is 0 Å². The van der Waals surface area contributed by atoms with Gasteiger partial charge in [0.25, 0.3) is 0 Å². The second kappa shape index (κ2) is 7.23. The number of amides is 2. The summed E-state index contributed by atoms with van der Waals surface area (Å²) in [6.45, 7) is 5.87. The first-order chi connectivity index (χ1) is 10.9. The minimum atomic E-state index is -0.466. The van der Waals surface area contributed by atoms with Crippen molar-refractivity contribution in [1.29, 1.82) is 0 Å². The molecule has 2 amide bonds. The summed E-state index contributed by atoms with van der Waals surface area (Å²) in [6, 6.07) is 8.39. The maximum atomic E-state index is 11.9. The molecule has 0 unspecified atom stereocenters. The molecule has 0 aliphatic carbocycles. The average Bonchev–Trinajstić information content (AvgIpc) is 3.00. The van der Waals surface area contributed by atoms with Crippen LogP contribution in [0.4, 0.5) is 4.79 Å². The Kier molecular flexibility index (Phi) is 5.33. The van der Waals surface area contributed by atoms with E-state index in [-0.39, 0.29) is 18.6 Å². The summed E-state index contributed by atoms with van der Waals surface area (Å²) in [5.41, 5.74) is 0.600. The predicted octanol–water partition coefficient (Wildman–Crippen LogP) is 1.90. The first kappa shape index (κ1) is 17.0. The number of nitrogens with one attached hydrogen (secondary N) is 2. The molecule has 0 radical (unpaired) electrons. The number of aliphatic hydroxyl groups is 1. The molecule has 1 atom stereocenters. The van der Waals surface area contributed by atoms with Gasteiger partial charge < -0.3 is 20.3 Å². The maximum absolute atomic E-state index is 11.9. The molecular weight excluding hydrogens is 296 g/mol. The molecule has 0 bridgehead atoms. The van der Waals surface area contributed by atoms with Gasteiger partial charge in [-0.25, -0.2) is 4.79 Å². The lowest BCUT2D eigenvalue weighted by molar-refractivity contribution is 0.216. The third kappa shape index (κ3) is 4.79. The maximum Gasteiger partial charge on any atom is 0.315 e. The fourth-order valence-electron chi connectivity index (χ4n) is 1.92.